The molecule has 0 fully saturated rings. The number of methoxy groups -OCH3 is 1. The molecule has 2 rings (SSSR count). The van der Waals surface area contributed by atoms with E-state index in [4.69, 9.17) is 39.4 Å². The van der Waals surface area contributed by atoms with E-state index in [1.54, 1.807) is 24.3 Å². The van der Waals surface area contributed by atoms with Gasteiger partial charge in [-0.1, -0.05) is 29.3 Å². The molecule has 0 bridgehead atoms. The number of halogens is 2. The van der Waals surface area contributed by atoms with Crippen molar-refractivity contribution in [3.8, 4) is 16.9 Å². The number of sulfone groups is 2. The number of hydrogen-bond donors (Lipinski definition) is 2. The molecule has 0 heterocycles. The van der Waals surface area contributed by atoms with Gasteiger partial charge in [0, 0.05) is 11.1 Å². The minimum atomic E-state index is -3.38. The lowest BCUT2D eigenvalue weighted by molar-refractivity contribution is 0.416. The van der Waals surface area contributed by atoms with E-state index in [0.29, 0.717) is 47.4 Å². The molecule has 0 spiro atoms. The zero-order chi connectivity index (χ0) is 23.9. The van der Waals surface area contributed by atoms with Gasteiger partial charge in [0.15, 0.2) is 19.7 Å². The van der Waals surface area contributed by atoms with Crippen LogP contribution in [0, 0.1) is 0 Å². The largest absolute Gasteiger partial charge is 0.496 e. The van der Waals surface area contributed by atoms with E-state index in [0.717, 1.165) is 0 Å². The standard InChI is InChI=1S/C21H28Cl2N2O5S2/c1-30-20-5-4-15(13-31(26,27)8-2-6-24)10-17(20)18-11-16(12-19(22)21(18)23)14-32(28,29)9-3-7-25/h4-5,10-12H,2-3,6-9,13-14,24-25H2,1H3. The third kappa shape index (κ3) is 7.60. The van der Waals surface area contributed by atoms with Crippen LogP contribution in [0.2, 0.25) is 10.0 Å². The van der Waals surface area contributed by atoms with Crippen molar-refractivity contribution in [1.82, 2.24) is 0 Å². The fourth-order valence-corrected chi connectivity index (χ4v) is 6.56. The summed E-state index contributed by atoms with van der Waals surface area (Å²) >= 11 is 12.8. The second kappa shape index (κ2) is 11.7. The molecule has 0 saturated heterocycles. The number of nitrogens with two attached hydrogens (primary N) is 2. The van der Waals surface area contributed by atoms with Crippen molar-refractivity contribution in [3.63, 3.8) is 0 Å². The highest BCUT2D eigenvalue weighted by atomic mass is 35.5. The predicted molar refractivity (Wildman–Crippen MR) is 131 cm³/mol. The van der Waals surface area contributed by atoms with Crippen molar-refractivity contribution in [3.05, 3.63) is 51.5 Å². The molecule has 0 aromatic heterocycles. The monoisotopic (exact) mass is 522 g/mol. The molecule has 0 radical (unpaired) electrons. The molecular formula is C21H28Cl2N2O5S2. The Morgan fingerprint density at radius 3 is 1.88 bits per heavy atom. The molecule has 178 valence electrons. The Kier molecular flexibility index (Phi) is 9.81. The maximum Gasteiger partial charge on any atom is 0.154 e. The van der Waals surface area contributed by atoms with E-state index in [2.05, 4.69) is 0 Å². The Labute approximate surface area is 199 Å². The van der Waals surface area contributed by atoms with Crippen LogP contribution in [0.4, 0.5) is 0 Å². The highest BCUT2D eigenvalue weighted by Gasteiger charge is 2.19. The molecular weight excluding hydrogens is 495 g/mol. The topological polar surface area (TPSA) is 130 Å². The number of rotatable bonds is 12. The molecule has 0 aliphatic rings. The Balaban J connectivity index is 2.50. The molecule has 11 heteroatoms. The van der Waals surface area contributed by atoms with Gasteiger partial charge in [-0.15, -0.1) is 0 Å². The predicted octanol–water partition coefficient (Wildman–Crippen LogP) is 3.20. The van der Waals surface area contributed by atoms with Gasteiger partial charge in [-0.05, 0) is 61.3 Å². The van der Waals surface area contributed by atoms with Crippen molar-refractivity contribution in [2.24, 2.45) is 11.5 Å². The first-order chi connectivity index (χ1) is 15.0. The summed E-state index contributed by atoms with van der Waals surface area (Å²) in [6, 6.07) is 8.14. The van der Waals surface area contributed by atoms with Crippen LogP contribution >= 0.6 is 23.2 Å². The average molecular weight is 524 g/mol. The Morgan fingerprint density at radius 1 is 0.812 bits per heavy atom. The summed E-state index contributed by atoms with van der Waals surface area (Å²) in [5.41, 5.74) is 12.8. The number of benzene rings is 2. The van der Waals surface area contributed by atoms with Gasteiger partial charge in [0.2, 0.25) is 0 Å². The summed E-state index contributed by atoms with van der Waals surface area (Å²) in [5, 5.41) is 0.410. The van der Waals surface area contributed by atoms with Crippen molar-refractivity contribution in [1.29, 1.82) is 0 Å². The summed E-state index contributed by atoms with van der Waals surface area (Å²) in [7, 11) is -5.25. The maximum atomic E-state index is 12.4. The molecule has 0 unspecified atom stereocenters. The summed E-state index contributed by atoms with van der Waals surface area (Å²) in [5.74, 6) is 0.0373. The molecule has 32 heavy (non-hydrogen) atoms. The van der Waals surface area contributed by atoms with E-state index < -0.39 is 19.7 Å². The molecule has 0 aliphatic heterocycles. The van der Waals surface area contributed by atoms with Crippen LogP contribution in [-0.4, -0.2) is 48.5 Å². The van der Waals surface area contributed by atoms with Crippen LogP contribution in [0.5, 0.6) is 5.75 Å². The Morgan fingerprint density at radius 2 is 1.34 bits per heavy atom. The average Bonchev–Trinajstić information content (AvgIpc) is 2.72. The third-order valence-corrected chi connectivity index (χ3v) is 8.90. The lowest BCUT2D eigenvalue weighted by Crippen LogP contribution is -2.13. The van der Waals surface area contributed by atoms with Gasteiger partial charge in [0.25, 0.3) is 0 Å². The van der Waals surface area contributed by atoms with Gasteiger partial charge >= 0.3 is 0 Å². The SMILES string of the molecule is COc1ccc(CS(=O)(=O)CCCN)cc1-c1cc(CS(=O)(=O)CCCN)cc(Cl)c1Cl. The van der Waals surface area contributed by atoms with E-state index >= 15 is 0 Å². The highest BCUT2D eigenvalue weighted by molar-refractivity contribution is 7.90. The number of ether oxygens (including phenoxy) is 1. The fraction of sp³-hybridized carbons (Fsp3) is 0.429. The van der Waals surface area contributed by atoms with Gasteiger partial charge in [0.05, 0.1) is 40.2 Å². The summed E-state index contributed by atoms with van der Waals surface area (Å²) in [4.78, 5) is 0. The number of hydrogen-bond acceptors (Lipinski definition) is 7. The van der Waals surface area contributed by atoms with E-state index in [1.165, 1.54) is 13.2 Å². The van der Waals surface area contributed by atoms with Crippen LogP contribution in [0.15, 0.2) is 30.3 Å². The molecule has 0 saturated carbocycles. The molecule has 4 N–H and O–H groups in total. The summed E-state index contributed by atoms with van der Waals surface area (Å²) in [6.07, 6.45) is 0.748. The van der Waals surface area contributed by atoms with E-state index in [1.807, 2.05) is 0 Å². The molecule has 0 atom stereocenters. The van der Waals surface area contributed by atoms with Crippen molar-refractivity contribution in [2.45, 2.75) is 24.3 Å². The molecule has 2 aromatic carbocycles. The van der Waals surface area contributed by atoms with Crippen molar-refractivity contribution >= 4 is 42.9 Å². The first kappa shape index (κ1) is 26.9. The Hall–Kier alpha value is -1.36. The molecule has 7 nitrogen and oxygen atoms in total. The minimum absolute atomic E-state index is 0.00636. The highest BCUT2D eigenvalue weighted by Crippen LogP contribution is 2.40. The van der Waals surface area contributed by atoms with Crippen LogP contribution in [0.3, 0.4) is 0 Å². The lowest BCUT2D eigenvalue weighted by Gasteiger charge is -2.15. The van der Waals surface area contributed by atoms with Gasteiger partial charge in [-0.2, -0.15) is 0 Å². The van der Waals surface area contributed by atoms with E-state index in [-0.39, 0.29) is 39.6 Å². The molecule has 2 aromatic rings. The van der Waals surface area contributed by atoms with E-state index in [9.17, 15) is 16.8 Å². The summed E-state index contributed by atoms with van der Waals surface area (Å²) in [6.45, 7) is 0.576. The minimum Gasteiger partial charge on any atom is -0.496 e. The normalized spacial score (nSPS) is 12.2. The lowest BCUT2D eigenvalue weighted by atomic mass is 10.0. The quantitative estimate of drug-likeness (QED) is 0.437. The first-order valence-corrected chi connectivity index (χ1v) is 14.4. The smallest absolute Gasteiger partial charge is 0.154 e. The van der Waals surface area contributed by atoms with Crippen molar-refractivity contribution < 1.29 is 21.6 Å². The van der Waals surface area contributed by atoms with Gasteiger partial charge in [0.1, 0.15) is 5.75 Å². The molecule has 0 amide bonds. The van der Waals surface area contributed by atoms with Crippen LogP contribution in [-0.2, 0) is 31.2 Å². The van der Waals surface area contributed by atoms with Gasteiger partial charge < -0.3 is 16.2 Å². The zero-order valence-electron chi connectivity index (χ0n) is 17.8. The summed E-state index contributed by atoms with van der Waals surface area (Å²) < 4.78 is 55.0. The van der Waals surface area contributed by atoms with Crippen LogP contribution < -0.4 is 16.2 Å². The van der Waals surface area contributed by atoms with Gasteiger partial charge in [-0.25, -0.2) is 16.8 Å². The van der Waals surface area contributed by atoms with Gasteiger partial charge in [-0.3, -0.25) is 0 Å². The first-order valence-electron chi connectivity index (χ1n) is 9.98. The van der Waals surface area contributed by atoms with Crippen molar-refractivity contribution in [2.75, 3.05) is 31.7 Å². The molecule has 0 aliphatic carbocycles. The van der Waals surface area contributed by atoms with Crippen LogP contribution in [0.25, 0.3) is 11.1 Å². The Bertz CT molecular complexity index is 1150. The zero-order valence-corrected chi connectivity index (χ0v) is 21.0. The van der Waals surface area contributed by atoms with Crippen LogP contribution in [0.1, 0.15) is 24.0 Å². The maximum absolute atomic E-state index is 12.4. The second-order valence-electron chi connectivity index (χ2n) is 7.44. The second-order valence-corrected chi connectivity index (χ2v) is 12.6. The third-order valence-electron chi connectivity index (χ3n) is 4.73. The fourth-order valence-electron chi connectivity index (χ4n) is 3.24.